The largest absolute Gasteiger partial charge is 0.352 e. The van der Waals surface area contributed by atoms with Gasteiger partial charge in [-0.25, -0.2) is 5.10 Å². The van der Waals surface area contributed by atoms with Gasteiger partial charge in [-0.3, -0.25) is 14.6 Å². The van der Waals surface area contributed by atoms with Crippen molar-refractivity contribution >= 4 is 5.91 Å². The summed E-state index contributed by atoms with van der Waals surface area (Å²) >= 11 is 0. The van der Waals surface area contributed by atoms with Crippen molar-refractivity contribution in [2.45, 2.75) is 12.8 Å². The Morgan fingerprint density at radius 1 is 1.15 bits per heavy atom. The predicted molar refractivity (Wildman–Crippen MR) is 97.8 cm³/mol. The van der Waals surface area contributed by atoms with Crippen LogP contribution >= 0.6 is 0 Å². The molecule has 130 valence electrons. The SMILES string of the molecule is O=C(NCC1Cc2ccc(-c3ccc(=O)[nH]n3)cc2C1)c1cccnc1. The lowest BCUT2D eigenvalue weighted by atomic mass is 10.0. The Hall–Kier alpha value is -3.28. The number of H-pyrrole nitrogens is 1. The summed E-state index contributed by atoms with van der Waals surface area (Å²) in [5, 5.41) is 9.55. The second-order valence-corrected chi connectivity index (χ2v) is 6.52. The monoisotopic (exact) mass is 346 g/mol. The van der Waals surface area contributed by atoms with Crippen molar-refractivity contribution in [1.82, 2.24) is 20.5 Å². The van der Waals surface area contributed by atoms with Crippen molar-refractivity contribution in [2.24, 2.45) is 5.92 Å². The molecule has 0 aliphatic heterocycles. The van der Waals surface area contributed by atoms with Crippen molar-refractivity contribution in [3.63, 3.8) is 0 Å². The number of carbonyl (C=O) groups is 1. The van der Waals surface area contributed by atoms with Crippen LogP contribution in [0, 0.1) is 5.92 Å². The van der Waals surface area contributed by atoms with E-state index >= 15 is 0 Å². The van der Waals surface area contributed by atoms with E-state index < -0.39 is 0 Å². The summed E-state index contributed by atoms with van der Waals surface area (Å²) in [4.78, 5) is 27.3. The van der Waals surface area contributed by atoms with Crippen molar-refractivity contribution in [2.75, 3.05) is 6.54 Å². The molecule has 2 heterocycles. The number of carbonyl (C=O) groups excluding carboxylic acids is 1. The second kappa shape index (κ2) is 6.92. The Morgan fingerprint density at radius 2 is 2.04 bits per heavy atom. The molecule has 0 spiro atoms. The maximum absolute atomic E-state index is 12.2. The Kier molecular flexibility index (Phi) is 4.31. The average Bonchev–Trinajstić information content (AvgIpc) is 3.09. The van der Waals surface area contributed by atoms with Crippen LogP contribution < -0.4 is 10.9 Å². The Bertz CT molecular complexity index is 978. The van der Waals surface area contributed by atoms with Crippen LogP contribution in [0.15, 0.2) is 59.7 Å². The van der Waals surface area contributed by atoms with Crippen molar-refractivity contribution in [1.29, 1.82) is 0 Å². The summed E-state index contributed by atoms with van der Waals surface area (Å²) < 4.78 is 0. The van der Waals surface area contributed by atoms with Crippen LogP contribution in [0.5, 0.6) is 0 Å². The van der Waals surface area contributed by atoms with Gasteiger partial charge in [0.15, 0.2) is 0 Å². The standard InChI is InChI=1S/C20H18N4O2/c25-19-6-5-18(23-24-19)15-4-3-14-8-13(9-17(14)10-15)11-22-20(26)16-2-1-7-21-12-16/h1-7,10,12-13H,8-9,11H2,(H,22,26)(H,24,25). The van der Waals surface area contributed by atoms with E-state index in [1.165, 1.54) is 17.2 Å². The summed E-state index contributed by atoms with van der Waals surface area (Å²) in [5.74, 6) is 0.289. The van der Waals surface area contributed by atoms with E-state index in [0.29, 0.717) is 18.0 Å². The van der Waals surface area contributed by atoms with Gasteiger partial charge >= 0.3 is 0 Å². The van der Waals surface area contributed by atoms with Gasteiger partial charge in [0, 0.05) is 30.6 Å². The second-order valence-electron chi connectivity index (χ2n) is 6.52. The summed E-state index contributed by atoms with van der Waals surface area (Å²) in [7, 11) is 0. The third kappa shape index (κ3) is 3.39. The number of fused-ring (bicyclic) bond motifs is 1. The lowest BCUT2D eigenvalue weighted by Gasteiger charge is -2.10. The highest BCUT2D eigenvalue weighted by molar-refractivity contribution is 5.93. The number of benzene rings is 1. The van der Waals surface area contributed by atoms with Gasteiger partial charge < -0.3 is 5.32 Å². The minimum absolute atomic E-state index is 0.0906. The van der Waals surface area contributed by atoms with Crippen molar-refractivity contribution < 1.29 is 4.79 Å². The highest BCUT2D eigenvalue weighted by Crippen LogP contribution is 2.30. The van der Waals surface area contributed by atoms with E-state index in [0.717, 1.165) is 24.1 Å². The first kappa shape index (κ1) is 16.2. The predicted octanol–water partition coefficient (Wildman–Crippen LogP) is 1.98. The minimum atomic E-state index is -0.209. The fraction of sp³-hybridized carbons (Fsp3) is 0.200. The van der Waals surface area contributed by atoms with Gasteiger partial charge in [0.25, 0.3) is 11.5 Å². The summed E-state index contributed by atoms with van der Waals surface area (Å²) in [6.07, 6.45) is 5.09. The maximum Gasteiger partial charge on any atom is 0.264 e. The first-order chi connectivity index (χ1) is 12.7. The molecule has 1 aromatic carbocycles. The molecule has 1 amide bonds. The van der Waals surface area contributed by atoms with E-state index in [-0.39, 0.29) is 11.5 Å². The summed E-state index contributed by atoms with van der Waals surface area (Å²) in [6.45, 7) is 0.634. The zero-order valence-electron chi connectivity index (χ0n) is 14.1. The fourth-order valence-electron chi connectivity index (χ4n) is 3.35. The number of amides is 1. The number of aromatic nitrogens is 3. The van der Waals surface area contributed by atoms with Gasteiger partial charge in [0.05, 0.1) is 11.3 Å². The Morgan fingerprint density at radius 3 is 2.81 bits per heavy atom. The molecule has 26 heavy (non-hydrogen) atoms. The minimum Gasteiger partial charge on any atom is -0.352 e. The zero-order chi connectivity index (χ0) is 17.9. The molecule has 1 atom stereocenters. The number of rotatable bonds is 4. The molecule has 0 fully saturated rings. The number of aromatic amines is 1. The maximum atomic E-state index is 12.2. The van der Waals surface area contributed by atoms with Gasteiger partial charge in [-0.05, 0) is 54.2 Å². The van der Waals surface area contributed by atoms with Crippen LogP contribution in [0.4, 0.5) is 0 Å². The molecular weight excluding hydrogens is 328 g/mol. The molecule has 0 radical (unpaired) electrons. The molecule has 1 aliphatic carbocycles. The number of pyridine rings is 1. The van der Waals surface area contributed by atoms with Crippen LogP contribution in [-0.2, 0) is 12.8 Å². The van der Waals surface area contributed by atoms with E-state index in [1.807, 2.05) is 6.07 Å². The van der Waals surface area contributed by atoms with Crippen LogP contribution in [0.1, 0.15) is 21.5 Å². The average molecular weight is 346 g/mol. The molecular formula is C20H18N4O2. The number of nitrogens with one attached hydrogen (secondary N) is 2. The Labute approximate surface area is 150 Å². The van der Waals surface area contributed by atoms with E-state index in [2.05, 4.69) is 32.6 Å². The zero-order valence-corrected chi connectivity index (χ0v) is 14.1. The normalized spacial score (nSPS) is 15.5. The van der Waals surface area contributed by atoms with Gasteiger partial charge in [-0.2, -0.15) is 5.10 Å². The fourth-order valence-corrected chi connectivity index (χ4v) is 3.35. The highest BCUT2D eigenvalue weighted by atomic mass is 16.1. The van der Waals surface area contributed by atoms with Crippen molar-refractivity contribution in [3.05, 3.63) is 81.9 Å². The van der Waals surface area contributed by atoms with E-state index in [1.54, 1.807) is 30.6 Å². The quantitative estimate of drug-likeness (QED) is 0.756. The summed E-state index contributed by atoms with van der Waals surface area (Å²) in [5.41, 5.74) is 4.68. The first-order valence-corrected chi connectivity index (χ1v) is 8.55. The van der Waals surface area contributed by atoms with Crippen LogP contribution in [0.2, 0.25) is 0 Å². The lowest BCUT2D eigenvalue weighted by Crippen LogP contribution is -2.29. The molecule has 0 saturated carbocycles. The van der Waals surface area contributed by atoms with Gasteiger partial charge in [-0.1, -0.05) is 12.1 Å². The molecule has 1 aliphatic rings. The van der Waals surface area contributed by atoms with Crippen LogP contribution in [-0.4, -0.2) is 27.6 Å². The smallest absolute Gasteiger partial charge is 0.264 e. The van der Waals surface area contributed by atoms with Crippen LogP contribution in [0.25, 0.3) is 11.3 Å². The van der Waals surface area contributed by atoms with Crippen LogP contribution in [0.3, 0.4) is 0 Å². The third-order valence-corrected chi connectivity index (χ3v) is 4.67. The molecule has 2 N–H and O–H groups in total. The number of nitrogens with zero attached hydrogens (tertiary/aromatic N) is 2. The molecule has 4 rings (SSSR count). The molecule has 2 aromatic heterocycles. The van der Waals surface area contributed by atoms with Gasteiger partial charge in [0.2, 0.25) is 0 Å². The number of hydrogen-bond acceptors (Lipinski definition) is 4. The first-order valence-electron chi connectivity index (χ1n) is 8.55. The van der Waals surface area contributed by atoms with E-state index in [9.17, 15) is 9.59 Å². The molecule has 6 nitrogen and oxygen atoms in total. The molecule has 6 heteroatoms. The Balaban J connectivity index is 1.42. The van der Waals surface area contributed by atoms with Gasteiger partial charge in [0.1, 0.15) is 0 Å². The highest BCUT2D eigenvalue weighted by Gasteiger charge is 2.22. The van der Waals surface area contributed by atoms with Gasteiger partial charge in [-0.15, -0.1) is 0 Å². The summed E-state index contributed by atoms with van der Waals surface area (Å²) in [6, 6.07) is 13.0. The molecule has 0 saturated heterocycles. The molecule has 0 bridgehead atoms. The topological polar surface area (TPSA) is 87.7 Å². The molecule has 1 unspecified atom stereocenters. The van der Waals surface area contributed by atoms with E-state index in [4.69, 9.17) is 0 Å². The molecule has 3 aromatic rings. The lowest BCUT2D eigenvalue weighted by molar-refractivity contribution is 0.0947. The third-order valence-electron chi connectivity index (χ3n) is 4.67. The van der Waals surface area contributed by atoms with Crippen molar-refractivity contribution in [3.8, 4) is 11.3 Å². The number of hydrogen-bond donors (Lipinski definition) is 2.